The van der Waals surface area contributed by atoms with Crippen molar-refractivity contribution in [3.05, 3.63) is 23.8 Å². The number of aliphatic hydroxyl groups is 4. The van der Waals surface area contributed by atoms with Crippen molar-refractivity contribution in [3.63, 3.8) is 0 Å². The van der Waals surface area contributed by atoms with E-state index in [1.54, 1.807) is 13.0 Å². The maximum absolute atomic E-state index is 13.0. The quantitative estimate of drug-likeness (QED) is 0.148. The molecule has 2 saturated heterocycles. The fraction of sp³-hybridized carbons (Fsp3) is 0.667. The van der Waals surface area contributed by atoms with E-state index >= 15 is 0 Å². The second-order valence-corrected chi connectivity index (χ2v) is 9.35. The SMILES string of the molecule is CO[C@@H]1C(C(=O)NCCc2ccc(O)c(O)c2)O[C@@H](O[C@@H]2C(NC(C)=O)[C@H](C)OC(CO)[C@H]2O)C(O)[C@H]1O. The van der Waals surface area contributed by atoms with Crippen LogP contribution in [0.2, 0.25) is 0 Å². The van der Waals surface area contributed by atoms with Crippen molar-refractivity contribution < 1.29 is 59.2 Å². The Morgan fingerprint density at radius 1 is 1.03 bits per heavy atom. The maximum Gasteiger partial charge on any atom is 0.252 e. The van der Waals surface area contributed by atoms with Crippen LogP contribution < -0.4 is 10.6 Å². The first-order valence-corrected chi connectivity index (χ1v) is 12.2. The van der Waals surface area contributed by atoms with Crippen molar-refractivity contribution >= 4 is 11.8 Å². The van der Waals surface area contributed by atoms with Gasteiger partial charge in [-0.25, -0.2) is 0 Å². The van der Waals surface area contributed by atoms with E-state index in [0.717, 1.165) is 0 Å². The number of hydrogen-bond acceptors (Lipinski definition) is 12. The molecule has 10 atom stereocenters. The van der Waals surface area contributed by atoms with Gasteiger partial charge >= 0.3 is 0 Å². The van der Waals surface area contributed by atoms with Gasteiger partial charge in [-0.1, -0.05) is 6.07 Å². The van der Waals surface area contributed by atoms with Crippen molar-refractivity contribution in [1.82, 2.24) is 10.6 Å². The minimum absolute atomic E-state index is 0.0997. The number of rotatable bonds is 9. The van der Waals surface area contributed by atoms with E-state index in [4.69, 9.17) is 18.9 Å². The molecule has 0 bridgehead atoms. The Bertz CT molecular complexity index is 964. The second kappa shape index (κ2) is 13.0. The molecule has 0 saturated carbocycles. The molecule has 0 radical (unpaired) electrons. The predicted molar refractivity (Wildman–Crippen MR) is 128 cm³/mol. The third kappa shape index (κ3) is 6.71. The number of aromatic hydroxyl groups is 2. The first-order valence-electron chi connectivity index (χ1n) is 12.2. The molecule has 0 spiro atoms. The van der Waals surface area contributed by atoms with Crippen LogP contribution in [-0.2, 0) is 35.0 Å². The molecule has 8 N–H and O–H groups in total. The molecule has 4 unspecified atom stereocenters. The number of carbonyl (C=O) groups excluding carboxylic acids is 2. The smallest absolute Gasteiger partial charge is 0.252 e. The number of hydrogen-bond donors (Lipinski definition) is 8. The zero-order chi connectivity index (χ0) is 28.1. The monoisotopic (exact) mass is 544 g/mol. The Balaban J connectivity index is 1.73. The Hall–Kier alpha value is -2.56. The van der Waals surface area contributed by atoms with Crippen molar-refractivity contribution in [3.8, 4) is 11.5 Å². The lowest BCUT2D eigenvalue weighted by atomic mass is 9.92. The average Bonchev–Trinajstić information content (AvgIpc) is 2.87. The molecular formula is C24H36N2O12. The minimum atomic E-state index is -1.69. The highest BCUT2D eigenvalue weighted by Crippen LogP contribution is 2.30. The fourth-order valence-corrected chi connectivity index (χ4v) is 4.62. The van der Waals surface area contributed by atoms with Gasteiger partial charge < -0.3 is 60.2 Å². The molecule has 0 aromatic heterocycles. The number of methoxy groups -OCH3 is 1. The number of carbonyl (C=O) groups is 2. The molecule has 1 aromatic rings. The van der Waals surface area contributed by atoms with Gasteiger partial charge in [-0.05, 0) is 31.0 Å². The van der Waals surface area contributed by atoms with Gasteiger partial charge in [-0.2, -0.15) is 0 Å². The van der Waals surface area contributed by atoms with E-state index in [0.29, 0.717) is 12.0 Å². The summed E-state index contributed by atoms with van der Waals surface area (Å²) >= 11 is 0. The van der Waals surface area contributed by atoms with Gasteiger partial charge in [0.05, 0.1) is 18.8 Å². The van der Waals surface area contributed by atoms with E-state index in [2.05, 4.69) is 10.6 Å². The molecule has 38 heavy (non-hydrogen) atoms. The molecule has 1 aromatic carbocycles. The van der Waals surface area contributed by atoms with E-state index in [-0.39, 0.29) is 18.0 Å². The molecule has 2 amide bonds. The van der Waals surface area contributed by atoms with E-state index in [9.17, 15) is 40.2 Å². The lowest BCUT2D eigenvalue weighted by Crippen LogP contribution is -2.68. The number of aliphatic hydroxyl groups excluding tert-OH is 4. The number of ether oxygens (including phenoxy) is 4. The first-order chi connectivity index (χ1) is 18.0. The van der Waals surface area contributed by atoms with Gasteiger partial charge in [0.25, 0.3) is 5.91 Å². The van der Waals surface area contributed by atoms with Crippen LogP contribution in [0.25, 0.3) is 0 Å². The molecule has 214 valence electrons. The Kier molecular flexibility index (Phi) is 10.3. The number of nitrogens with one attached hydrogen (secondary N) is 2. The van der Waals surface area contributed by atoms with Crippen LogP contribution in [0.4, 0.5) is 0 Å². The van der Waals surface area contributed by atoms with Crippen LogP contribution in [0.1, 0.15) is 19.4 Å². The lowest BCUT2D eigenvalue weighted by Gasteiger charge is -2.47. The highest BCUT2D eigenvalue weighted by molar-refractivity contribution is 5.81. The number of phenols is 2. The highest BCUT2D eigenvalue weighted by atomic mass is 16.7. The second-order valence-electron chi connectivity index (χ2n) is 9.35. The number of phenolic OH excluding ortho intramolecular Hbond substituents is 2. The molecular weight excluding hydrogens is 508 g/mol. The Labute approximate surface area is 219 Å². The molecule has 2 heterocycles. The average molecular weight is 545 g/mol. The third-order valence-electron chi connectivity index (χ3n) is 6.64. The summed E-state index contributed by atoms with van der Waals surface area (Å²) in [5, 5.41) is 66.0. The molecule has 3 rings (SSSR count). The van der Waals surface area contributed by atoms with Crippen molar-refractivity contribution in [2.24, 2.45) is 0 Å². The van der Waals surface area contributed by atoms with Crippen molar-refractivity contribution in [1.29, 1.82) is 0 Å². The highest BCUT2D eigenvalue weighted by Gasteiger charge is 2.52. The fourth-order valence-electron chi connectivity index (χ4n) is 4.62. The summed E-state index contributed by atoms with van der Waals surface area (Å²) in [4.78, 5) is 24.7. The zero-order valence-corrected chi connectivity index (χ0v) is 21.3. The van der Waals surface area contributed by atoms with Crippen LogP contribution in [0.3, 0.4) is 0 Å². The standard InChI is InChI=1S/C24H36N2O12/c1-10-16(26-11(2)28)20(17(31)15(9-27)36-10)37-24-19(33)18(32)21(35-3)22(38-24)23(34)25-7-6-12-4-5-13(29)14(30)8-12/h4-5,8,10,15-22,24,27,29-33H,6-7,9H2,1-3H3,(H,25,34)(H,26,28)/t10-,15?,16?,17+,18+,19?,20+,21-,22?,24+/m0/s1. The van der Waals surface area contributed by atoms with Gasteiger partial charge in [-0.3, -0.25) is 9.59 Å². The molecule has 2 aliphatic rings. The predicted octanol–water partition coefficient (Wildman–Crippen LogP) is -2.75. The topological polar surface area (TPSA) is 216 Å². The summed E-state index contributed by atoms with van der Waals surface area (Å²) in [7, 11) is 1.23. The summed E-state index contributed by atoms with van der Waals surface area (Å²) in [5.41, 5.74) is 0.634. The molecule has 2 fully saturated rings. The number of benzene rings is 1. The molecule has 0 aliphatic carbocycles. The van der Waals surface area contributed by atoms with Crippen LogP contribution in [0.15, 0.2) is 18.2 Å². The van der Waals surface area contributed by atoms with Crippen LogP contribution >= 0.6 is 0 Å². The largest absolute Gasteiger partial charge is 0.504 e. The van der Waals surface area contributed by atoms with Gasteiger partial charge in [0.2, 0.25) is 5.91 Å². The summed E-state index contributed by atoms with van der Waals surface area (Å²) in [6.45, 7) is 2.41. The van der Waals surface area contributed by atoms with Crippen LogP contribution in [0, 0.1) is 0 Å². The summed E-state index contributed by atoms with van der Waals surface area (Å²) < 4.78 is 22.3. The normalized spacial score (nSPS) is 35.4. The van der Waals surface area contributed by atoms with Gasteiger partial charge in [-0.15, -0.1) is 0 Å². The Morgan fingerprint density at radius 3 is 2.34 bits per heavy atom. The minimum Gasteiger partial charge on any atom is -0.504 e. The molecule has 14 nitrogen and oxygen atoms in total. The first kappa shape index (κ1) is 30.0. The van der Waals surface area contributed by atoms with Crippen molar-refractivity contribution in [2.75, 3.05) is 20.3 Å². The summed E-state index contributed by atoms with van der Waals surface area (Å²) in [6.07, 6.45) is -11.8. The summed E-state index contributed by atoms with van der Waals surface area (Å²) in [6, 6.07) is 3.34. The van der Waals surface area contributed by atoms with E-state index < -0.39 is 79.6 Å². The van der Waals surface area contributed by atoms with Crippen LogP contribution in [-0.4, -0.2) is 124 Å². The molecule has 2 aliphatic heterocycles. The maximum atomic E-state index is 13.0. The van der Waals surface area contributed by atoms with E-state index in [1.807, 2.05) is 0 Å². The van der Waals surface area contributed by atoms with Gasteiger partial charge in [0, 0.05) is 20.6 Å². The summed E-state index contributed by atoms with van der Waals surface area (Å²) in [5.74, 6) is -1.71. The zero-order valence-electron chi connectivity index (χ0n) is 21.3. The lowest BCUT2D eigenvalue weighted by molar-refractivity contribution is -0.325. The third-order valence-corrected chi connectivity index (χ3v) is 6.64. The Morgan fingerprint density at radius 2 is 1.74 bits per heavy atom. The van der Waals surface area contributed by atoms with Crippen molar-refractivity contribution in [2.45, 2.75) is 81.4 Å². The van der Waals surface area contributed by atoms with Crippen LogP contribution in [0.5, 0.6) is 11.5 Å². The van der Waals surface area contributed by atoms with Gasteiger partial charge in [0.1, 0.15) is 36.6 Å². The molecule has 14 heteroatoms. The van der Waals surface area contributed by atoms with Gasteiger partial charge in [0.15, 0.2) is 23.9 Å². The number of amides is 2. The van der Waals surface area contributed by atoms with E-state index in [1.165, 1.54) is 26.2 Å².